The number of rotatable bonds is 6. The molecule has 0 heterocycles. The van der Waals surface area contributed by atoms with Crippen molar-refractivity contribution < 1.29 is 0 Å². The molecule has 0 saturated heterocycles. The van der Waals surface area contributed by atoms with E-state index in [0.29, 0.717) is 53.6 Å². The molecule has 0 aromatic carbocycles. The molecule has 0 bridgehead atoms. The molecule has 2 heteroatoms. The van der Waals surface area contributed by atoms with E-state index in [-0.39, 0.29) is 0 Å². The molecule has 300 valence electrons. The Morgan fingerprint density at radius 1 is 0.643 bits per heavy atom. The first-order valence-corrected chi connectivity index (χ1v) is 24.2. The highest BCUT2D eigenvalue weighted by Crippen LogP contribution is 2.58. The van der Waals surface area contributed by atoms with Crippen molar-refractivity contribution in [2.45, 2.75) is 168 Å². The highest BCUT2D eigenvalue weighted by Gasteiger charge is 2.53. The first-order valence-electron chi connectivity index (χ1n) is 24.2. The molecule has 13 atom stereocenters. The first kappa shape index (κ1) is 37.5. The molecular weight excluding hydrogens is 677 g/mol. The minimum absolute atomic E-state index is 0.469. The predicted octanol–water partition coefficient (Wildman–Crippen LogP) is 14.0. The fourth-order valence-corrected chi connectivity index (χ4v) is 14.5. The summed E-state index contributed by atoms with van der Waals surface area (Å²) < 4.78 is 0. The van der Waals surface area contributed by atoms with Crippen molar-refractivity contribution in [2.75, 3.05) is 0 Å². The highest BCUT2D eigenvalue weighted by molar-refractivity contribution is 5.40. The fourth-order valence-electron chi connectivity index (χ4n) is 14.5. The van der Waals surface area contributed by atoms with E-state index in [4.69, 9.17) is 0 Å². The molecule has 56 heavy (non-hydrogen) atoms. The second kappa shape index (κ2) is 15.8. The van der Waals surface area contributed by atoms with Gasteiger partial charge in [-0.25, -0.2) is 0 Å². The van der Waals surface area contributed by atoms with Crippen molar-refractivity contribution in [2.24, 2.45) is 59.2 Å². The van der Waals surface area contributed by atoms with Crippen LogP contribution in [-0.4, -0.2) is 27.9 Å². The van der Waals surface area contributed by atoms with Gasteiger partial charge in [-0.05, 0) is 181 Å². The van der Waals surface area contributed by atoms with Gasteiger partial charge < -0.3 is 9.80 Å². The zero-order valence-electron chi connectivity index (χ0n) is 35.7. The van der Waals surface area contributed by atoms with Gasteiger partial charge in [0.1, 0.15) is 0 Å². The molecule has 10 rings (SSSR count). The summed E-state index contributed by atoms with van der Waals surface area (Å²) >= 11 is 0. The average Bonchev–Trinajstić information content (AvgIpc) is 3.23. The predicted molar refractivity (Wildman–Crippen MR) is 235 cm³/mol. The number of hydrogen-bond donors (Lipinski definition) is 0. The summed E-state index contributed by atoms with van der Waals surface area (Å²) in [5.41, 5.74) is 11.5. The summed E-state index contributed by atoms with van der Waals surface area (Å²) in [6, 6.07) is 1.70. The molecule has 0 N–H and O–H groups in total. The van der Waals surface area contributed by atoms with Crippen LogP contribution in [0.4, 0.5) is 0 Å². The maximum atomic E-state index is 3.10. The van der Waals surface area contributed by atoms with E-state index >= 15 is 0 Å². The molecule has 0 aliphatic heterocycles. The lowest BCUT2D eigenvalue weighted by atomic mass is 9.53. The second-order valence-electron chi connectivity index (χ2n) is 20.8. The molecule has 4 saturated carbocycles. The summed E-state index contributed by atoms with van der Waals surface area (Å²) in [4.78, 5) is 6.14. The van der Waals surface area contributed by atoms with Crippen LogP contribution in [0.1, 0.15) is 150 Å². The zero-order valence-corrected chi connectivity index (χ0v) is 35.7. The van der Waals surface area contributed by atoms with E-state index in [1.165, 1.54) is 133 Å². The SMILES string of the molecule is CC1=C(C)CCC(N(C2=CC3C(CC(N(C4=CC(C)C(C)C=C4)C4C=C5CCCCC5=CC4)C4C=CCCC34)C3C=CCCC23)C2CCC3CCCCC3C2)=C1. The van der Waals surface area contributed by atoms with Gasteiger partial charge in [0, 0.05) is 41.0 Å². The summed E-state index contributed by atoms with van der Waals surface area (Å²) in [6.45, 7) is 9.67. The Hall–Kier alpha value is -2.74. The van der Waals surface area contributed by atoms with Gasteiger partial charge in [0.2, 0.25) is 0 Å². The van der Waals surface area contributed by atoms with Crippen LogP contribution in [0.25, 0.3) is 0 Å². The Bertz CT molecular complexity index is 1790. The van der Waals surface area contributed by atoms with Crippen molar-refractivity contribution >= 4 is 0 Å². The van der Waals surface area contributed by atoms with Crippen molar-refractivity contribution in [3.63, 3.8) is 0 Å². The van der Waals surface area contributed by atoms with Crippen molar-refractivity contribution in [1.82, 2.24) is 9.80 Å². The van der Waals surface area contributed by atoms with Crippen LogP contribution in [-0.2, 0) is 0 Å². The standard InChI is InChI=1S/C54H74N2/c1-35-21-25-43(29-37(35)3)55(45-27-23-39-13-5-7-15-41(39)31-45)53-33-51-48-18-10-12-20-50(48)54(34-52(51)47-17-9-11-19-49(47)53)56(44-26-22-36(2)38(4)30-44)46-28-24-40-14-6-8-16-42(40)32-46/h9,12,17,20,22,24,26,29-30,32-33,36,38-39,41,45-52,54H,5-8,10-11,13-16,18-19,21,23,25,27-28,31,34H2,1-4H3. The molecule has 0 aromatic heterocycles. The molecule has 10 aliphatic rings. The Balaban J connectivity index is 1.05. The molecule has 10 aliphatic carbocycles. The van der Waals surface area contributed by atoms with E-state index in [9.17, 15) is 0 Å². The van der Waals surface area contributed by atoms with E-state index in [0.717, 1.165) is 23.7 Å². The maximum Gasteiger partial charge on any atom is 0.0516 e. The van der Waals surface area contributed by atoms with Crippen LogP contribution in [0.5, 0.6) is 0 Å². The topological polar surface area (TPSA) is 6.48 Å². The summed E-state index contributed by atoms with van der Waals surface area (Å²) in [7, 11) is 0. The smallest absolute Gasteiger partial charge is 0.0516 e. The Morgan fingerprint density at radius 3 is 2.29 bits per heavy atom. The lowest BCUT2D eigenvalue weighted by Crippen LogP contribution is -2.57. The molecule has 0 aromatic rings. The Morgan fingerprint density at radius 2 is 1.45 bits per heavy atom. The van der Waals surface area contributed by atoms with Crippen LogP contribution in [0.15, 0.2) is 106 Å². The van der Waals surface area contributed by atoms with Gasteiger partial charge in [0.15, 0.2) is 0 Å². The number of nitrogens with zero attached hydrogens (tertiary/aromatic N) is 2. The molecule has 0 radical (unpaired) electrons. The Kier molecular flexibility index (Phi) is 10.6. The molecule has 4 fully saturated rings. The van der Waals surface area contributed by atoms with Gasteiger partial charge >= 0.3 is 0 Å². The third-order valence-corrected chi connectivity index (χ3v) is 17.8. The highest BCUT2D eigenvalue weighted by atomic mass is 15.2. The quantitative estimate of drug-likeness (QED) is 0.250. The number of fused-ring (bicyclic) bond motifs is 7. The molecule has 13 unspecified atom stereocenters. The lowest BCUT2D eigenvalue weighted by molar-refractivity contribution is -0.00481. The van der Waals surface area contributed by atoms with Crippen LogP contribution in [0, 0.1) is 59.2 Å². The largest absolute Gasteiger partial charge is 0.361 e. The molecule has 0 amide bonds. The zero-order chi connectivity index (χ0) is 37.9. The van der Waals surface area contributed by atoms with E-state index in [1.807, 2.05) is 0 Å². The molecular formula is C54H74N2. The number of hydrogen-bond acceptors (Lipinski definition) is 2. The molecule has 0 spiro atoms. The normalized spacial score (nSPS) is 41.7. The molecule has 2 nitrogen and oxygen atoms in total. The number of allylic oxidation sites excluding steroid dienone is 14. The van der Waals surface area contributed by atoms with Gasteiger partial charge in [-0.2, -0.15) is 0 Å². The van der Waals surface area contributed by atoms with Gasteiger partial charge in [0.25, 0.3) is 0 Å². The maximum absolute atomic E-state index is 3.10. The van der Waals surface area contributed by atoms with Crippen LogP contribution in [0.2, 0.25) is 0 Å². The van der Waals surface area contributed by atoms with Gasteiger partial charge in [-0.3, -0.25) is 0 Å². The minimum Gasteiger partial charge on any atom is -0.361 e. The third-order valence-electron chi connectivity index (χ3n) is 17.8. The van der Waals surface area contributed by atoms with Crippen molar-refractivity contribution in [1.29, 1.82) is 0 Å². The third kappa shape index (κ3) is 6.87. The minimum atomic E-state index is 0.469. The van der Waals surface area contributed by atoms with Gasteiger partial charge in [-0.15, -0.1) is 0 Å². The van der Waals surface area contributed by atoms with Gasteiger partial charge in [-0.1, -0.05) is 105 Å². The van der Waals surface area contributed by atoms with Crippen molar-refractivity contribution in [3.05, 3.63) is 106 Å². The van der Waals surface area contributed by atoms with E-state index in [1.54, 1.807) is 28.1 Å². The van der Waals surface area contributed by atoms with Gasteiger partial charge in [0.05, 0.1) is 6.04 Å². The van der Waals surface area contributed by atoms with Crippen molar-refractivity contribution in [3.8, 4) is 0 Å². The summed E-state index contributed by atoms with van der Waals surface area (Å²) in [5.74, 6) is 7.18. The monoisotopic (exact) mass is 751 g/mol. The summed E-state index contributed by atoms with van der Waals surface area (Å²) in [5, 5.41) is 0. The van der Waals surface area contributed by atoms with E-state index in [2.05, 4.69) is 104 Å². The second-order valence-corrected chi connectivity index (χ2v) is 20.8. The lowest BCUT2D eigenvalue weighted by Gasteiger charge is -2.58. The fraction of sp³-hybridized carbons (Fsp3) is 0.667. The van der Waals surface area contributed by atoms with Crippen LogP contribution in [0.3, 0.4) is 0 Å². The average molecular weight is 751 g/mol. The Labute approximate surface area is 341 Å². The van der Waals surface area contributed by atoms with Crippen LogP contribution < -0.4 is 0 Å². The first-order chi connectivity index (χ1) is 27.4. The van der Waals surface area contributed by atoms with Crippen LogP contribution >= 0.6 is 0 Å². The summed E-state index contributed by atoms with van der Waals surface area (Å²) in [6.07, 6.45) is 55.3. The van der Waals surface area contributed by atoms with E-state index < -0.39 is 0 Å².